The molecule has 1 fully saturated rings. The zero-order chi connectivity index (χ0) is 19.5. The molecule has 1 unspecified atom stereocenters. The minimum absolute atomic E-state index is 0.0315. The Morgan fingerprint density at radius 3 is 2.79 bits per heavy atom. The summed E-state index contributed by atoms with van der Waals surface area (Å²) >= 11 is 1.67. The van der Waals surface area contributed by atoms with Crippen LogP contribution in [0.4, 0.5) is 4.39 Å². The summed E-state index contributed by atoms with van der Waals surface area (Å²) in [6, 6.07) is 13.9. The second kappa shape index (κ2) is 8.14. The van der Waals surface area contributed by atoms with Gasteiger partial charge in [0.2, 0.25) is 5.91 Å². The van der Waals surface area contributed by atoms with Crippen LogP contribution in [0.5, 0.6) is 0 Å². The maximum absolute atomic E-state index is 14.1. The average molecular weight is 397 g/mol. The smallest absolute Gasteiger partial charge is 0.261 e. The average Bonchev–Trinajstić information content (AvgIpc) is 2.97. The summed E-state index contributed by atoms with van der Waals surface area (Å²) in [5, 5.41) is 0.535. The van der Waals surface area contributed by atoms with Crippen LogP contribution in [0.3, 0.4) is 0 Å². The fourth-order valence-electron chi connectivity index (χ4n) is 3.47. The number of rotatable bonds is 3. The third kappa shape index (κ3) is 3.80. The number of amides is 1. The van der Waals surface area contributed by atoms with E-state index in [1.165, 1.54) is 17.0 Å². The van der Waals surface area contributed by atoms with Crippen molar-refractivity contribution in [2.24, 2.45) is 0 Å². The van der Waals surface area contributed by atoms with Crippen molar-refractivity contribution in [3.63, 3.8) is 0 Å². The van der Waals surface area contributed by atoms with Crippen LogP contribution in [0.1, 0.15) is 17.2 Å². The van der Waals surface area contributed by atoms with Crippen molar-refractivity contribution in [3.05, 3.63) is 76.6 Å². The molecule has 1 aliphatic heterocycles. The first-order valence-corrected chi connectivity index (χ1v) is 10.3. The molecule has 1 aromatic heterocycles. The fourth-order valence-corrected chi connectivity index (χ4v) is 4.72. The zero-order valence-electron chi connectivity index (χ0n) is 15.3. The molecule has 0 saturated carbocycles. The third-order valence-corrected chi connectivity index (χ3v) is 6.29. The van der Waals surface area contributed by atoms with Crippen LogP contribution in [0.25, 0.3) is 10.9 Å². The molecule has 0 spiro atoms. The number of hydrogen-bond donors (Lipinski definition) is 0. The normalized spacial score (nSPS) is 17.5. The number of carbonyl (C=O) groups is 1. The van der Waals surface area contributed by atoms with Gasteiger partial charge in [-0.15, -0.1) is 0 Å². The molecule has 1 aliphatic rings. The van der Waals surface area contributed by atoms with Crippen LogP contribution in [-0.4, -0.2) is 39.2 Å². The molecule has 2 heterocycles. The van der Waals surface area contributed by atoms with E-state index >= 15 is 0 Å². The molecule has 1 amide bonds. The van der Waals surface area contributed by atoms with E-state index in [0.717, 1.165) is 5.75 Å². The minimum Gasteiger partial charge on any atom is -0.340 e. The molecule has 2 aromatic carbocycles. The predicted molar refractivity (Wildman–Crippen MR) is 109 cm³/mol. The Morgan fingerprint density at radius 2 is 1.93 bits per heavy atom. The predicted octanol–water partition coefficient (Wildman–Crippen LogP) is 3.24. The molecule has 0 N–H and O–H groups in total. The van der Waals surface area contributed by atoms with E-state index in [-0.39, 0.29) is 29.1 Å². The molecule has 7 heteroatoms. The lowest BCUT2D eigenvalue weighted by molar-refractivity contribution is -0.131. The maximum Gasteiger partial charge on any atom is 0.261 e. The zero-order valence-corrected chi connectivity index (χ0v) is 16.1. The molecule has 0 radical (unpaired) electrons. The number of halogens is 1. The number of hydrogen-bond acceptors (Lipinski definition) is 4. The van der Waals surface area contributed by atoms with Crippen molar-refractivity contribution in [2.75, 3.05) is 18.8 Å². The number of thioether (sulfide) groups is 1. The lowest BCUT2D eigenvalue weighted by atomic mass is 10.1. The SMILES string of the molecule is O=C(Cn1cnc2ccccc2c1=O)N1CCSC(c2ccccc2F)CC1. The molecular formula is C21H20FN3O2S. The molecule has 144 valence electrons. The minimum atomic E-state index is -0.215. The van der Waals surface area contributed by atoms with Gasteiger partial charge in [-0.3, -0.25) is 14.2 Å². The summed E-state index contributed by atoms with van der Waals surface area (Å²) in [4.78, 5) is 31.4. The van der Waals surface area contributed by atoms with Gasteiger partial charge in [0.05, 0.1) is 17.2 Å². The topological polar surface area (TPSA) is 55.2 Å². The van der Waals surface area contributed by atoms with Crippen LogP contribution in [0.15, 0.2) is 59.7 Å². The van der Waals surface area contributed by atoms with Crippen LogP contribution >= 0.6 is 11.8 Å². The van der Waals surface area contributed by atoms with E-state index in [9.17, 15) is 14.0 Å². The van der Waals surface area contributed by atoms with E-state index in [2.05, 4.69) is 4.98 Å². The van der Waals surface area contributed by atoms with E-state index in [0.29, 0.717) is 36.0 Å². The van der Waals surface area contributed by atoms with Crippen molar-refractivity contribution in [3.8, 4) is 0 Å². The van der Waals surface area contributed by atoms with Gasteiger partial charge in [0.15, 0.2) is 0 Å². The van der Waals surface area contributed by atoms with E-state index in [1.807, 2.05) is 18.2 Å². The summed E-state index contributed by atoms with van der Waals surface area (Å²) in [5.74, 6) is 0.415. The lowest BCUT2D eigenvalue weighted by Gasteiger charge is -2.21. The van der Waals surface area contributed by atoms with Gasteiger partial charge in [0.25, 0.3) is 5.56 Å². The Morgan fingerprint density at radius 1 is 1.14 bits per heavy atom. The van der Waals surface area contributed by atoms with Gasteiger partial charge in [-0.25, -0.2) is 9.37 Å². The number of para-hydroxylation sites is 1. The molecule has 1 saturated heterocycles. The van der Waals surface area contributed by atoms with Gasteiger partial charge >= 0.3 is 0 Å². The number of fused-ring (bicyclic) bond motifs is 1. The first-order chi connectivity index (χ1) is 13.6. The van der Waals surface area contributed by atoms with Crippen LogP contribution in [0.2, 0.25) is 0 Å². The molecule has 0 bridgehead atoms. The number of nitrogens with zero attached hydrogens (tertiary/aromatic N) is 3. The van der Waals surface area contributed by atoms with Crippen LogP contribution in [0, 0.1) is 5.82 Å². The highest BCUT2D eigenvalue weighted by atomic mass is 32.2. The van der Waals surface area contributed by atoms with Crippen molar-refractivity contribution in [1.82, 2.24) is 14.5 Å². The number of carbonyl (C=O) groups excluding carboxylic acids is 1. The van der Waals surface area contributed by atoms with Crippen molar-refractivity contribution >= 4 is 28.6 Å². The fraction of sp³-hybridized carbons (Fsp3) is 0.286. The molecule has 3 aromatic rings. The summed E-state index contributed by atoms with van der Waals surface area (Å²) < 4.78 is 15.4. The number of benzene rings is 2. The highest BCUT2D eigenvalue weighted by molar-refractivity contribution is 7.99. The molecule has 0 aliphatic carbocycles. The highest BCUT2D eigenvalue weighted by Crippen LogP contribution is 2.35. The number of aromatic nitrogens is 2. The van der Waals surface area contributed by atoms with Gasteiger partial charge < -0.3 is 4.90 Å². The van der Waals surface area contributed by atoms with Gasteiger partial charge in [-0.1, -0.05) is 30.3 Å². The van der Waals surface area contributed by atoms with Crippen molar-refractivity contribution in [2.45, 2.75) is 18.2 Å². The molecule has 5 nitrogen and oxygen atoms in total. The second-order valence-corrected chi connectivity index (χ2v) is 8.06. The maximum atomic E-state index is 14.1. The standard InChI is InChI=1S/C21H20FN3O2S/c22-17-7-3-1-5-15(17)19-9-10-24(11-12-28-19)20(26)13-25-14-23-18-8-4-2-6-16(18)21(25)27/h1-8,14,19H,9-13H2. The Balaban J connectivity index is 1.47. The second-order valence-electron chi connectivity index (χ2n) is 6.75. The van der Waals surface area contributed by atoms with E-state index in [4.69, 9.17) is 0 Å². The summed E-state index contributed by atoms with van der Waals surface area (Å²) in [6.07, 6.45) is 2.11. The van der Waals surface area contributed by atoms with Gasteiger partial charge in [-0.2, -0.15) is 11.8 Å². The molecule has 28 heavy (non-hydrogen) atoms. The highest BCUT2D eigenvalue weighted by Gasteiger charge is 2.24. The molecule has 4 rings (SSSR count). The Labute approximate surface area is 166 Å². The first kappa shape index (κ1) is 18.7. The Bertz CT molecular complexity index is 1070. The van der Waals surface area contributed by atoms with Crippen LogP contribution in [-0.2, 0) is 11.3 Å². The summed E-state index contributed by atoms with van der Waals surface area (Å²) in [5.41, 5.74) is 1.10. The Hall–Kier alpha value is -2.67. The Kier molecular flexibility index (Phi) is 5.43. The van der Waals surface area contributed by atoms with Crippen LogP contribution < -0.4 is 5.56 Å². The summed E-state index contributed by atoms with van der Waals surface area (Å²) in [7, 11) is 0. The first-order valence-electron chi connectivity index (χ1n) is 9.21. The van der Waals surface area contributed by atoms with Crippen molar-refractivity contribution in [1.29, 1.82) is 0 Å². The third-order valence-electron chi connectivity index (χ3n) is 4.98. The molecule has 1 atom stereocenters. The van der Waals surface area contributed by atoms with Crippen molar-refractivity contribution < 1.29 is 9.18 Å². The monoisotopic (exact) mass is 397 g/mol. The van der Waals surface area contributed by atoms with Gasteiger partial charge in [0.1, 0.15) is 12.4 Å². The quantitative estimate of drug-likeness (QED) is 0.681. The molecular weight excluding hydrogens is 377 g/mol. The van der Waals surface area contributed by atoms with Gasteiger partial charge in [0, 0.05) is 29.7 Å². The van der Waals surface area contributed by atoms with Gasteiger partial charge in [-0.05, 0) is 24.6 Å². The van der Waals surface area contributed by atoms with E-state index in [1.54, 1.807) is 40.9 Å². The summed E-state index contributed by atoms with van der Waals surface area (Å²) in [6.45, 7) is 1.09. The van der Waals surface area contributed by atoms with E-state index < -0.39 is 0 Å². The largest absolute Gasteiger partial charge is 0.340 e. The lowest BCUT2D eigenvalue weighted by Crippen LogP contribution is -2.37.